The molecule has 0 atom stereocenters. The van der Waals surface area contributed by atoms with E-state index in [1.54, 1.807) is 12.1 Å². The highest BCUT2D eigenvalue weighted by atomic mass is 16.3. The van der Waals surface area contributed by atoms with E-state index in [0.717, 1.165) is 16.7 Å². The topological polar surface area (TPSA) is 40.5 Å². The van der Waals surface area contributed by atoms with Crippen LogP contribution >= 0.6 is 0 Å². The van der Waals surface area contributed by atoms with Gasteiger partial charge < -0.3 is 10.2 Å². The van der Waals surface area contributed by atoms with Gasteiger partial charge in [-0.3, -0.25) is 0 Å². The average Bonchev–Trinajstić information content (AvgIpc) is 2.49. The van der Waals surface area contributed by atoms with Crippen LogP contribution in [0.5, 0.6) is 11.5 Å². The molecular formula is C19H16O2. The molecule has 0 bridgehead atoms. The van der Waals surface area contributed by atoms with Gasteiger partial charge in [0, 0.05) is 0 Å². The van der Waals surface area contributed by atoms with E-state index in [1.807, 2.05) is 60.7 Å². The van der Waals surface area contributed by atoms with Crippen molar-refractivity contribution >= 4 is 0 Å². The van der Waals surface area contributed by atoms with Crippen LogP contribution < -0.4 is 0 Å². The van der Waals surface area contributed by atoms with Gasteiger partial charge >= 0.3 is 0 Å². The van der Waals surface area contributed by atoms with E-state index >= 15 is 0 Å². The van der Waals surface area contributed by atoms with E-state index in [0.29, 0.717) is 12.0 Å². The standard InChI is InChI=1S/C19H16O2/c20-17-12-15(11-14-7-3-1-4-8-14)13-18(21)19(17)16-9-5-2-6-10-16/h1-10,12-13,20-21H,11H2. The van der Waals surface area contributed by atoms with Gasteiger partial charge in [-0.25, -0.2) is 0 Å². The zero-order chi connectivity index (χ0) is 14.7. The second-order valence-corrected chi connectivity index (χ2v) is 5.04. The lowest BCUT2D eigenvalue weighted by atomic mass is 9.98. The smallest absolute Gasteiger partial charge is 0.127 e. The molecule has 0 fully saturated rings. The van der Waals surface area contributed by atoms with Gasteiger partial charge in [-0.05, 0) is 35.2 Å². The third-order valence-electron chi connectivity index (χ3n) is 3.47. The summed E-state index contributed by atoms with van der Waals surface area (Å²) in [6.07, 6.45) is 0.678. The highest BCUT2D eigenvalue weighted by Crippen LogP contribution is 2.38. The molecule has 0 radical (unpaired) electrons. The summed E-state index contributed by atoms with van der Waals surface area (Å²) in [7, 11) is 0. The first-order chi connectivity index (χ1) is 10.2. The van der Waals surface area contributed by atoms with E-state index in [-0.39, 0.29) is 11.5 Å². The van der Waals surface area contributed by atoms with Crippen molar-refractivity contribution in [3.8, 4) is 22.6 Å². The van der Waals surface area contributed by atoms with Crippen LogP contribution in [-0.4, -0.2) is 10.2 Å². The summed E-state index contributed by atoms with van der Waals surface area (Å²) in [5.41, 5.74) is 3.31. The Labute approximate surface area is 123 Å². The molecule has 0 spiro atoms. The summed E-state index contributed by atoms with van der Waals surface area (Å²) < 4.78 is 0. The molecule has 0 aromatic heterocycles. The van der Waals surface area contributed by atoms with Crippen molar-refractivity contribution in [1.82, 2.24) is 0 Å². The Kier molecular flexibility index (Phi) is 3.61. The van der Waals surface area contributed by atoms with Crippen LogP contribution in [0.15, 0.2) is 72.8 Å². The molecule has 0 saturated heterocycles. The summed E-state index contributed by atoms with van der Waals surface area (Å²) in [4.78, 5) is 0. The van der Waals surface area contributed by atoms with Crippen molar-refractivity contribution in [2.75, 3.05) is 0 Å². The first kappa shape index (κ1) is 13.3. The predicted octanol–water partition coefficient (Wildman–Crippen LogP) is 4.36. The molecule has 3 aromatic rings. The van der Waals surface area contributed by atoms with Crippen LogP contribution in [0, 0.1) is 0 Å². The van der Waals surface area contributed by atoms with Crippen molar-refractivity contribution in [3.05, 3.63) is 83.9 Å². The van der Waals surface area contributed by atoms with Gasteiger partial charge in [0.05, 0.1) is 5.56 Å². The molecule has 0 aliphatic heterocycles. The summed E-state index contributed by atoms with van der Waals surface area (Å²) >= 11 is 0. The van der Waals surface area contributed by atoms with Crippen LogP contribution in [-0.2, 0) is 6.42 Å². The van der Waals surface area contributed by atoms with Gasteiger partial charge in [-0.15, -0.1) is 0 Å². The molecule has 2 heteroatoms. The third-order valence-corrected chi connectivity index (χ3v) is 3.47. The Hall–Kier alpha value is -2.74. The van der Waals surface area contributed by atoms with Crippen molar-refractivity contribution in [1.29, 1.82) is 0 Å². The number of rotatable bonds is 3. The average molecular weight is 276 g/mol. The lowest BCUT2D eigenvalue weighted by Crippen LogP contribution is -1.89. The Balaban J connectivity index is 1.97. The minimum absolute atomic E-state index is 0.104. The largest absolute Gasteiger partial charge is 0.507 e. The van der Waals surface area contributed by atoms with E-state index in [4.69, 9.17) is 0 Å². The monoisotopic (exact) mass is 276 g/mol. The Morgan fingerprint density at radius 3 is 1.71 bits per heavy atom. The van der Waals surface area contributed by atoms with Gasteiger partial charge in [-0.1, -0.05) is 60.7 Å². The first-order valence-corrected chi connectivity index (χ1v) is 6.88. The zero-order valence-electron chi connectivity index (χ0n) is 11.5. The van der Waals surface area contributed by atoms with Crippen LogP contribution in [0.1, 0.15) is 11.1 Å². The maximum atomic E-state index is 10.2. The molecule has 0 saturated carbocycles. The minimum Gasteiger partial charge on any atom is -0.507 e. The molecule has 3 aromatic carbocycles. The lowest BCUT2D eigenvalue weighted by molar-refractivity contribution is 0.453. The SMILES string of the molecule is Oc1cc(Cc2ccccc2)cc(O)c1-c1ccccc1. The molecule has 0 heterocycles. The number of phenolic OH excluding ortho intramolecular Hbond substituents is 2. The summed E-state index contributed by atoms with van der Waals surface area (Å²) in [5, 5.41) is 20.5. The number of hydrogen-bond acceptors (Lipinski definition) is 2. The van der Waals surface area contributed by atoms with Crippen molar-refractivity contribution in [2.45, 2.75) is 6.42 Å². The third kappa shape index (κ3) is 2.90. The molecule has 0 aliphatic rings. The predicted molar refractivity (Wildman–Crippen MR) is 84.5 cm³/mol. The summed E-state index contributed by atoms with van der Waals surface area (Å²) in [6.45, 7) is 0. The molecule has 0 unspecified atom stereocenters. The summed E-state index contributed by atoms with van der Waals surface area (Å²) in [5.74, 6) is 0.208. The number of benzene rings is 3. The quantitative estimate of drug-likeness (QED) is 0.746. The molecule has 21 heavy (non-hydrogen) atoms. The van der Waals surface area contributed by atoms with E-state index in [2.05, 4.69) is 0 Å². The fourth-order valence-electron chi connectivity index (χ4n) is 2.50. The normalized spacial score (nSPS) is 10.5. The van der Waals surface area contributed by atoms with Crippen LogP contribution in [0.25, 0.3) is 11.1 Å². The number of phenols is 2. The fourth-order valence-corrected chi connectivity index (χ4v) is 2.50. The lowest BCUT2D eigenvalue weighted by Gasteiger charge is -2.10. The van der Waals surface area contributed by atoms with E-state index < -0.39 is 0 Å². The first-order valence-electron chi connectivity index (χ1n) is 6.88. The molecule has 2 N–H and O–H groups in total. The van der Waals surface area contributed by atoms with Crippen molar-refractivity contribution in [3.63, 3.8) is 0 Å². The van der Waals surface area contributed by atoms with Crippen LogP contribution in [0.3, 0.4) is 0 Å². The zero-order valence-corrected chi connectivity index (χ0v) is 11.5. The fraction of sp³-hybridized carbons (Fsp3) is 0.0526. The maximum Gasteiger partial charge on any atom is 0.127 e. The Morgan fingerprint density at radius 2 is 1.14 bits per heavy atom. The van der Waals surface area contributed by atoms with Gasteiger partial charge in [0.2, 0.25) is 0 Å². The maximum absolute atomic E-state index is 10.2. The molecule has 104 valence electrons. The molecular weight excluding hydrogens is 260 g/mol. The number of aromatic hydroxyl groups is 2. The van der Waals surface area contributed by atoms with Gasteiger partial charge in [-0.2, -0.15) is 0 Å². The van der Waals surface area contributed by atoms with Crippen molar-refractivity contribution in [2.24, 2.45) is 0 Å². The molecule has 0 amide bonds. The van der Waals surface area contributed by atoms with E-state index in [1.165, 1.54) is 0 Å². The Bertz CT molecular complexity index is 711. The van der Waals surface area contributed by atoms with Gasteiger partial charge in [0.1, 0.15) is 11.5 Å². The highest BCUT2D eigenvalue weighted by Gasteiger charge is 2.12. The van der Waals surface area contributed by atoms with Gasteiger partial charge in [0.25, 0.3) is 0 Å². The van der Waals surface area contributed by atoms with Crippen molar-refractivity contribution < 1.29 is 10.2 Å². The minimum atomic E-state index is 0.104. The van der Waals surface area contributed by atoms with Crippen LogP contribution in [0.4, 0.5) is 0 Å². The molecule has 3 rings (SSSR count). The summed E-state index contributed by atoms with van der Waals surface area (Å²) in [6, 6.07) is 22.8. The highest BCUT2D eigenvalue weighted by molar-refractivity contribution is 5.76. The number of hydrogen-bond donors (Lipinski definition) is 2. The molecule has 2 nitrogen and oxygen atoms in total. The van der Waals surface area contributed by atoms with Crippen LogP contribution in [0.2, 0.25) is 0 Å². The van der Waals surface area contributed by atoms with Gasteiger partial charge in [0.15, 0.2) is 0 Å². The van der Waals surface area contributed by atoms with E-state index in [9.17, 15) is 10.2 Å². The Morgan fingerprint density at radius 1 is 0.619 bits per heavy atom. The second kappa shape index (κ2) is 5.71. The molecule has 0 aliphatic carbocycles. The second-order valence-electron chi connectivity index (χ2n) is 5.04.